The van der Waals surface area contributed by atoms with E-state index in [1.165, 1.54) is 25.7 Å². The van der Waals surface area contributed by atoms with E-state index < -0.39 is 0 Å². The second kappa shape index (κ2) is 4.26. The highest BCUT2D eigenvalue weighted by Gasteiger charge is 2.58. The van der Waals surface area contributed by atoms with E-state index in [4.69, 9.17) is 9.84 Å². The van der Waals surface area contributed by atoms with Gasteiger partial charge < -0.3 is 9.84 Å². The van der Waals surface area contributed by atoms with Crippen molar-refractivity contribution >= 4 is 5.97 Å². The Kier molecular flexibility index (Phi) is 2.91. The van der Waals surface area contributed by atoms with Crippen molar-refractivity contribution in [2.24, 2.45) is 17.3 Å². The minimum Gasteiger partial charge on any atom is -0.515 e. The average Bonchev–Trinajstić information content (AvgIpc) is 2.35. The summed E-state index contributed by atoms with van der Waals surface area (Å²) in [4.78, 5) is 12.0. The summed E-state index contributed by atoms with van der Waals surface area (Å²) < 4.78 is 5.86. The van der Waals surface area contributed by atoms with Gasteiger partial charge in [0.15, 0.2) is 0 Å². The lowest BCUT2D eigenvalue weighted by Crippen LogP contribution is -2.57. The minimum absolute atomic E-state index is 0.235. The van der Waals surface area contributed by atoms with Gasteiger partial charge in [-0.05, 0) is 62.7 Å². The Morgan fingerprint density at radius 3 is 2.47 bits per heavy atom. The molecule has 4 fully saturated rings. The summed E-state index contributed by atoms with van der Waals surface area (Å²) in [5.41, 5.74) is 0.490. The Bertz CT molecular complexity index is 410. The predicted octanol–water partition coefficient (Wildman–Crippen LogP) is 3.74. The largest absolute Gasteiger partial charge is 0.515 e. The summed E-state index contributed by atoms with van der Waals surface area (Å²) in [5.74, 6) is 1.15. The van der Waals surface area contributed by atoms with Crippen LogP contribution in [0.4, 0.5) is 0 Å². The fraction of sp³-hybridized carbons (Fsp3) is 0.812. The van der Waals surface area contributed by atoms with E-state index in [1.54, 1.807) is 6.92 Å². The molecule has 0 saturated heterocycles. The molecule has 3 heteroatoms. The first-order chi connectivity index (χ1) is 9.00. The summed E-state index contributed by atoms with van der Waals surface area (Å²) in [7, 11) is 0. The Morgan fingerprint density at radius 1 is 1.32 bits per heavy atom. The van der Waals surface area contributed by atoms with Crippen molar-refractivity contribution < 1.29 is 14.6 Å². The second-order valence-corrected chi connectivity index (χ2v) is 7.20. The molecule has 4 saturated carbocycles. The van der Waals surface area contributed by atoms with Crippen molar-refractivity contribution in [3.63, 3.8) is 0 Å². The fourth-order valence-corrected chi connectivity index (χ4v) is 5.23. The van der Waals surface area contributed by atoms with E-state index >= 15 is 0 Å². The molecule has 0 heterocycles. The quantitative estimate of drug-likeness (QED) is 0.480. The van der Waals surface area contributed by atoms with Crippen LogP contribution in [0.15, 0.2) is 11.8 Å². The predicted molar refractivity (Wildman–Crippen MR) is 72.6 cm³/mol. The smallest absolute Gasteiger partial charge is 0.337 e. The first-order valence-corrected chi connectivity index (χ1v) is 7.54. The standard InChI is InChI=1S/C16H24O3/c1-3-15-5-12-4-13(6-15)8-16(7-12,10-15)19-14(18)11(2)9-17/h9,12-13,17H,3-8,10H2,1-2H3/b11-9+. The van der Waals surface area contributed by atoms with Crippen LogP contribution in [-0.2, 0) is 9.53 Å². The van der Waals surface area contributed by atoms with Gasteiger partial charge in [0, 0.05) is 0 Å². The first kappa shape index (κ1) is 13.0. The molecule has 0 amide bonds. The van der Waals surface area contributed by atoms with Crippen LogP contribution in [0.2, 0.25) is 0 Å². The molecule has 4 aliphatic carbocycles. The fourth-order valence-electron chi connectivity index (χ4n) is 5.23. The van der Waals surface area contributed by atoms with E-state index in [-0.39, 0.29) is 11.6 Å². The van der Waals surface area contributed by atoms with Crippen LogP contribution in [0.25, 0.3) is 0 Å². The second-order valence-electron chi connectivity index (χ2n) is 7.20. The molecule has 19 heavy (non-hydrogen) atoms. The summed E-state index contributed by atoms with van der Waals surface area (Å²) in [6.45, 7) is 3.89. The van der Waals surface area contributed by atoms with Crippen molar-refractivity contribution in [1.29, 1.82) is 0 Å². The molecule has 1 N–H and O–H groups in total. The average molecular weight is 264 g/mol. The molecular weight excluding hydrogens is 240 g/mol. The van der Waals surface area contributed by atoms with E-state index in [2.05, 4.69) is 6.92 Å². The number of hydrogen-bond acceptors (Lipinski definition) is 3. The molecule has 3 nitrogen and oxygen atoms in total. The zero-order valence-electron chi connectivity index (χ0n) is 11.9. The minimum atomic E-state index is -0.337. The van der Waals surface area contributed by atoms with Crippen LogP contribution in [0.1, 0.15) is 58.8 Å². The molecule has 0 aromatic carbocycles. The van der Waals surface area contributed by atoms with Gasteiger partial charge in [-0.3, -0.25) is 0 Å². The maximum absolute atomic E-state index is 12.0. The van der Waals surface area contributed by atoms with Gasteiger partial charge in [0.25, 0.3) is 0 Å². The van der Waals surface area contributed by atoms with Gasteiger partial charge in [-0.2, -0.15) is 0 Å². The number of esters is 1. The van der Waals surface area contributed by atoms with Crippen LogP contribution in [0, 0.1) is 17.3 Å². The molecule has 0 aromatic rings. The van der Waals surface area contributed by atoms with E-state index in [1.807, 2.05) is 0 Å². The van der Waals surface area contributed by atoms with Gasteiger partial charge in [0.05, 0.1) is 11.8 Å². The molecule has 0 radical (unpaired) electrons. The van der Waals surface area contributed by atoms with Gasteiger partial charge in [-0.15, -0.1) is 0 Å². The maximum Gasteiger partial charge on any atom is 0.337 e. The monoisotopic (exact) mass is 264 g/mol. The highest BCUT2D eigenvalue weighted by molar-refractivity contribution is 5.87. The molecule has 0 aromatic heterocycles. The van der Waals surface area contributed by atoms with Crippen LogP contribution >= 0.6 is 0 Å². The van der Waals surface area contributed by atoms with E-state index in [9.17, 15) is 4.79 Å². The highest BCUT2D eigenvalue weighted by Crippen LogP contribution is 2.63. The number of aliphatic hydroxyl groups is 1. The van der Waals surface area contributed by atoms with Gasteiger partial charge >= 0.3 is 5.97 Å². The lowest BCUT2D eigenvalue weighted by atomic mass is 9.47. The van der Waals surface area contributed by atoms with Gasteiger partial charge in [-0.1, -0.05) is 13.3 Å². The van der Waals surface area contributed by atoms with E-state index in [0.717, 1.165) is 37.4 Å². The van der Waals surface area contributed by atoms with Crippen LogP contribution in [0.5, 0.6) is 0 Å². The molecule has 0 spiro atoms. The highest BCUT2D eigenvalue weighted by atomic mass is 16.6. The zero-order valence-corrected chi connectivity index (χ0v) is 11.9. The van der Waals surface area contributed by atoms with Crippen LogP contribution in [0.3, 0.4) is 0 Å². The molecule has 106 valence electrons. The van der Waals surface area contributed by atoms with Crippen molar-refractivity contribution in [2.45, 2.75) is 64.4 Å². The van der Waals surface area contributed by atoms with E-state index in [0.29, 0.717) is 11.0 Å². The SMILES string of the molecule is CCC12CC3CC(C1)CC(OC(=O)/C(C)=C/O)(C3)C2. The number of ether oxygens (including phenoxy) is 1. The van der Waals surface area contributed by atoms with Crippen molar-refractivity contribution in [1.82, 2.24) is 0 Å². The Hall–Kier alpha value is -0.990. The summed E-state index contributed by atoms with van der Waals surface area (Å²) in [5, 5.41) is 8.95. The summed E-state index contributed by atoms with van der Waals surface area (Å²) in [6.07, 6.45) is 9.16. The third-order valence-corrected chi connectivity index (χ3v) is 5.70. The molecule has 4 bridgehead atoms. The number of hydrogen-bond donors (Lipinski definition) is 1. The lowest BCUT2D eigenvalue weighted by Gasteiger charge is -2.61. The molecule has 4 rings (SSSR count). The van der Waals surface area contributed by atoms with Crippen molar-refractivity contribution in [3.8, 4) is 0 Å². The van der Waals surface area contributed by atoms with Gasteiger partial charge in [0.1, 0.15) is 5.60 Å². The topological polar surface area (TPSA) is 46.5 Å². The third kappa shape index (κ3) is 2.07. The zero-order chi connectivity index (χ0) is 13.7. The summed E-state index contributed by atoms with van der Waals surface area (Å²) in [6, 6.07) is 0. The number of carbonyl (C=O) groups excluding carboxylic acids is 1. The number of rotatable bonds is 3. The third-order valence-electron chi connectivity index (χ3n) is 5.70. The first-order valence-electron chi connectivity index (χ1n) is 7.54. The lowest BCUT2D eigenvalue weighted by molar-refractivity contribution is -0.198. The Labute approximate surface area is 115 Å². The van der Waals surface area contributed by atoms with Gasteiger partial charge in [0.2, 0.25) is 0 Å². The Balaban J connectivity index is 1.83. The van der Waals surface area contributed by atoms with Crippen molar-refractivity contribution in [3.05, 3.63) is 11.8 Å². The molecule has 4 aliphatic rings. The molecule has 2 unspecified atom stereocenters. The van der Waals surface area contributed by atoms with Crippen LogP contribution in [-0.4, -0.2) is 16.7 Å². The molecule has 0 aliphatic heterocycles. The normalized spacial score (nSPS) is 44.4. The maximum atomic E-state index is 12.0. The van der Waals surface area contributed by atoms with Crippen molar-refractivity contribution in [2.75, 3.05) is 0 Å². The Morgan fingerprint density at radius 2 is 1.95 bits per heavy atom. The van der Waals surface area contributed by atoms with Crippen LogP contribution < -0.4 is 0 Å². The molecule has 2 atom stereocenters. The molecular formula is C16H24O3. The number of aliphatic hydroxyl groups excluding tert-OH is 1. The summed E-state index contributed by atoms with van der Waals surface area (Å²) >= 11 is 0. The van der Waals surface area contributed by atoms with Gasteiger partial charge in [-0.25, -0.2) is 4.79 Å². The number of carbonyl (C=O) groups is 1.